The third-order valence-corrected chi connectivity index (χ3v) is 6.79. The summed E-state index contributed by atoms with van der Waals surface area (Å²) in [6.07, 6.45) is 0.914. The summed E-state index contributed by atoms with van der Waals surface area (Å²) in [6, 6.07) is 19.1. The minimum absolute atomic E-state index is 0.0756. The number of amides is 1. The minimum Gasteiger partial charge on any atom is -0.493 e. The number of nitrogens with zero attached hydrogens (tertiary/aromatic N) is 3. The number of hydrogen-bond acceptors (Lipinski definition) is 7. The Bertz CT molecular complexity index is 1280. The van der Waals surface area contributed by atoms with Crippen molar-refractivity contribution in [3.63, 3.8) is 0 Å². The lowest BCUT2D eigenvalue weighted by atomic mass is 9.96. The molecule has 1 aliphatic heterocycles. The number of nitrogens with one attached hydrogen (secondary N) is 1. The molecule has 3 aromatic rings. The molecule has 0 aromatic heterocycles. The number of benzene rings is 3. The van der Waals surface area contributed by atoms with Crippen molar-refractivity contribution in [1.29, 1.82) is 0 Å². The first-order valence-electron chi connectivity index (χ1n) is 12.1. The van der Waals surface area contributed by atoms with Crippen LogP contribution in [0, 0.1) is 10.1 Å². The summed E-state index contributed by atoms with van der Waals surface area (Å²) in [5.41, 5.74) is 4.34. The quantitative estimate of drug-likeness (QED) is 0.344. The Morgan fingerprint density at radius 1 is 1.05 bits per heavy atom. The minimum atomic E-state index is -0.587. The van der Waals surface area contributed by atoms with Gasteiger partial charge in [0.15, 0.2) is 11.5 Å². The lowest BCUT2D eigenvalue weighted by molar-refractivity contribution is -0.385. The van der Waals surface area contributed by atoms with E-state index in [4.69, 9.17) is 9.47 Å². The van der Waals surface area contributed by atoms with E-state index in [1.54, 1.807) is 0 Å². The molecule has 1 heterocycles. The average Bonchev–Trinajstić information content (AvgIpc) is 2.92. The highest BCUT2D eigenvalue weighted by Crippen LogP contribution is 2.35. The smallest absolute Gasteiger partial charge is 0.286 e. The van der Waals surface area contributed by atoms with Gasteiger partial charge in [0.2, 0.25) is 0 Å². The first kappa shape index (κ1) is 26.0. The molecule has 0 saturated heterocycles. The molecule has 1 N–H and O–H groups in total. The first-order chi connectivity index (χ1) is 17.8. The van der Waals surface area contributed by atoms with Crippen LogP contribution in [0.1, 0.15) is 33.1 Å². The van der Waals surface area contributed by atoms with Gasteiger partial charge in [-0.2, -0.15) is 0 Å². The zero-order chi connectivity index (χ0) is 26.5. The fraction of sp³-hybridized carbons (Fsp3) is 0.321. The summed E-state index contributed by atoms with van der Waals surface area (Å²) < 4.78 is 10.5. The second-order valence-corrected chi connectivity index (χ2v) is 9.18. The van der Waals surface area contributed by atoms with Crippen LogP contribution in [0.15, 0.2) is 60.7 Å². The van der Waals surface area contributed by atoms with Gasteiger partial charge in [0.1, 0.15) is 5.56 Å². The predicted molar refractivity (Wildman–Crippen MR) is 143 cm³/mol. The average molecular weight is 505 g/mol. The number of methoxy groups -OCH3 is 2. The Labute approximate surface area is 216 Å². The van der Waals surface area contributed by atoms with Crippen LogP contribution in [-0.4, -0.2) is 57.1 Å². The molecule has 4 rings (SSSR count). The number of ether oxygens (including phenoxy) is 2. The maximum Gasteiger partial charge on any atom is 0.286 e. The molecule has 0 spiro atoms. The number of carbonyl (C=O) groups excluding carboxylic acids is 1. The van der Waals surface area contributed by atoms with Crippen LogP contribution in [0.2, 0.25) is 0 Å². The number of nitro benzene ring substituents is 1. The van der Waals surface area contributed by atoms with Crippen molar-refractivity contribution >= 4 is 17.3 Å². The Morgan fingerprint density at radius 2 is 1.70 bits per heavy atom. The highest BCUT2D eigenvalue weighted by molar-refractivity contribution is 5.99. The number of rotatable bonds is 9. The lowest BCUT2D eigenvalue weighted by Gasteiger charge is -2.36. The van der Waals surface area contributed by atoms with Crippen LogP contribution in [0.4, 0.5) is 11.4 Å². The van der Waals surface area contributed by atoms with Gasteiger partial charge in [-0.25, -0.2) is 0 Å². The molecule has 1 atom stereocenters. The Hall–Kier alpha value is -4.11. The van der Waals surface area contributed by atoms with Gasteiger partial charge in [0, 0.05) is 45.5 Å². The summed E-state index contributed by atoms with van der Waals surface area (Å²) in [5.74, 6) is -0.0988. The van der Waals surface area contributed by atoms with Crippen molar-refractivity contribution in [1.82, 2.24) is 10.2 Å². The molecular formula is C28H32N4O5. The summed E-state index contributed by atoms with van der Waals surface area (Å²) in [7, 11) is 6.80. The second kappa shape index (κ2) is 11.3. The molecule has 0 radical (unpaired) electrons. The normalized spacial score (nSPS) is 13.8. The van der Waals surface area contributed by atoms with Crippen molar-refractivity contribution in [2.24, 2.45) is 0 Å². The lowest BCUT2D eigenvalue weighted by Crippen LogP contribution is -2.40. The van der Waals surface area contributed by atoms with Crippen LogP contribution in [0.3, 0.4) is 0 Å². The monoisotopic (exact) mass is 504 g/mol. The zero-order valence-corrected chi connectivity index (χ0v) is 21.6. The molecule has 1 unspecified atom stereocenters. The largest absolute Gasteiger partial charge is 0.493 e. The van der Waals surface area contributed by atoms with Crippen molar-refractivity contribution < 1.29 is 19.2 Å². The van der Waals surface area contributed by atoms with Gasteiger partial charge in [-0.05, 0) is 35.2 Å². The summed E-state index contributed by atoms with van der Waals surface area (Å²) >= 11 is 0. The van der Waals surface area contributed by atoms with Gasteiger partial charge in [-0.1, -0.05) is 36.4 Å². The SMILES string of the molecule is COc1cc(C(=O)NCC(c2ccc(N(C)C)cc2)N2CCc3ccccc3C2)c([N+](=O)[O-])cc1OC. The molecule has 0 aliphatic carbocycles. The highest BCUT2D eigenvalue weighted by atomic mass is 16.6. The highest BCUT2D eigenvalue weighted by Gasteiger charge is 2.28. The second-order valence-electron chi connectivity index (χ2n) is 9.18. The van der Waals surface area contributed by atoms with E-state index in [9.17, 15) is 14.9 Å². The zero-order valence-electron chi connectivity index (χ0n) is 21.6. The van der Waals surface area contributed by atoms with Gasteiger partial charge < -0.3 is 19.7 Å². The summed E-state index contributed by atoms with van der Waals surface area (Å²) in [5, 5.41) is 14.7. The van der Waals surface area contributed by atoms with Crippen LogP contribution in [0.5, 0.6) is 11.5 Å². The predicted octanol–water partition coefficient (Wildman–Crippen LogP) is 4.21. The molecule has 9 heteroatoms. The maximum atomic E-state index is 13.3. The Morgan fingerprint density at radius 3 is 2.32 bits per heavy atom. The van der Waals surface area contributed by atoms with E-state index in [0.29, 0.717) is 0 Å². The number of fused-ring (bicyclic) bond motifs is 1. The maximum absolute atomic E-state index is 13.3. The third-order valence-electron chi connectivity index (χ3n) is 6.79. The van der Waals surface area contributed by atoms with Crippen LogP contribution >= 0.6 is 0 Å². The molecule has 0 bridgehead atoms. The van der Waals surface area contributed by atoms with E-state index >= 15 is 0 Å². The number of carbonyl (C=O) groups is 1. The van der Waals surface area contributed by atoms with Crippen LogP contribution in [-0.2, 0) is 13.0 Å². The van der Waals surface area contributed by atoms with Gasteiger partial charge in [-0.3, -0.25) is 19.8 Å². The van der Waals surface area contributed by atoms with Crippen LogP contribution in [0.25, 0.3) is 0 Å². The van der Waals surface area contributed by atoms with Gasteiger partial charge in [0.25, 0.3) is 11.6 Å². The molecule has 194 valence electrons. The van der Waals surface area contributed by atoms with Crippen molar-refractivity contribution in [2.75, 3.05) is 46.3 Å². The Balaban J connectivity index is 1.62. The molecule has 1 aliphatic rings. The molecule has 3 aromatic carbocycles. The van der Waals surface area contributed by atoms with E-state index < -0.39 is 10.8 Å². The van der Waals surface area contributed by atoms with E-state index in [1.165, 1.54) is 37.5 Å². The van der Waals surface area contributed by atoms with Gasteiger partial charge in [-0.15, -0.1) is 0 Å². The molecule has 0 fully saturated rings. The summed E-state index contributed by atoms with van der Waals surface area (Å²) in [6.45, 7) is 1.87. The molecule has 0 saturated carbocycles. The topological polar surface area (TPSA) is 97.2 Å². The van der Waals surface area contributed by atoms with Gasteiger partial charge >= 0.3 is 0 Å². The molecule has 37 heavy (non-hydrogen) atoms. The third kappa shape index (κ3) is 5.67. The summed E-state index contributed by atoms with van der Waals surface area (Å²) in [4.78, 5) is 28.8. The van der Waals surface area contributed by atoms with Crippen molar-refractivity contribution in [3.8, 4) is 11.5 Å². The van der Waals surface area contributed by atoms with E-state index in [-0.39, 0.29) is 35.3 Å². The molecular weight excluding hydrogens is 472 g/mol. The number of anilines is 1. The van der Waals surface area contributed by atoms with Crippen molar-refractivity contribution in [3.05, 3.63) is 93.0 Å². The van der Waals surface area contributed by atoms with Gasteiger partial charge in [0.05, 0.1) is 31.3 Å². The molecule has 9 nitrogen and oxygen atoms in total. The van der Waals surface area contributed by atoms with Crippen molar-refractivity contribution in [2.45, 2.75) is 19.0 Å². The van der Waals surface area contributed by atoms with Crippen LogP contribution < -0.4 is 19.7 Å². The number of hydrogen-bond donors (Lipinski definition) is 1. The van der Waals surface area contributed by atoms with E-state index in [0.717, 1.165) is 30.8 Å². The fourth-order valence-electron chi connectivity index (χ4n) is 4.72. The van der Waals surface area contributed by atoms with E-state index in [1.807, 2.05) is 25.1 Å². The fourth-order valence-corrected chi connectivity index (χ4v) is 4.72. The standard InChI is InChI=1S/C28H32N4O5/c1-30(2)22-11-9-20(10-12-22)25(31-14-13-19-7-5-6-8-21(19)18-31)17-29-28(33)23-15-26(36-3)27(37-4)16-24(23)32(34)35/h5-12,15-16,25H,13-14,17-18H2,1-4H3,(H,29,33). The van der Waals surface area contributed by atoms with E-state index in [2.05, 4.69) is 52.7 Å². The number of nitro groups is 1. The molecule has 1 amide bonds. The first-order valence-corrected chi connectivity index (χ1v) is 12.1. The Kier molecular flexibility index (Phi) is 7.93.